The van der Waals surface area contributed by atoms with Crippen LogP contribution in [0.25, 0.3) is 0 Å². The topological polar surface area (TPSA) is 34.4 Å². The molecular formula is C17H29NO2. The van der Waals surface area contributed by atoms with Crippen molar-refractivity contribution in [3.8, 4) is 0 Å². The van der Waals surface area contributed by atoms with E-state index in [1.54, 1.807) is 0 Å². The van der Waals surface area contributed by atoms with Crippen LogP contribution in [0.15, 0.2) is 10.5 Å². The lowest BCUT2D eigenvalue weighted by molar-refractivity contribution is -0.0159. The summed E-state index contributed by atoms with van der Waals surface area (Å²) in [6.07, 6.45) is 4.12. The van der Waals surface area contributed by atoms with Gasteiger partial charge < -0.3 is 14.5 Å². The summed E-state index contributed by atoms with van der Waals surface area (Å²) in [5, 5.41) is 3.30. The highest BCUT2D eigenvalue weighted by atomic mass is 16.5. The average molecular weight is 279 g/mol. The van der Waals surface area contributed by atoms with Crippen LogP contribution in [-0.4, -0.2) is 12.6 Å². The fraction of sp³-hybridized carbons (Fsp3) is 0.765. The van der Waals surface area contributed by atoms with Gasteiger partial charge in [-0.1, -0.05) is 20.8 Å². The second-order valence-electron chi connectivity index (χ2n) is 6.45. The zero-order valence-corrected chi connectivity index (χ0v) is 13.4. The molecule has 0 bridgehead atoms. The summed E-state index contributed by atoms with van der Waals surface area (Å²) >= 11 is 0. The Labute approximate surface area is 123 Å². The molecule has 114 valence electrons. The third-order valence-electron chi connectivity index (χ3n) is 4.20. The quantitative estimate of drug-likeness (QED) is 0.853. The maximum atomic E-state index is 6.07. The maximum absolute atomic E-state index is 6.07. The molecule has 2 atom stereocenters. The molecule has 1 fully saturated rings. The fourth-order valence-electron chi connectivity index (χ4n) is 3.28. The molecular weight excluding hydrogens is 250 g/mol. The van der Waals surface area contributed by atoms with Gasteiger partial charge >= 0.3 is 0 Å². The van der Waals surface area contributed by atoms with Crippen LogP contribution in [-0.2, 0) is 17.9 Å². The number of nitrogens with one attached hydrogen (secondary N) is 1. The Morgan fingerprint density at radius 2 is 1.95 bits per heavy atom. The summed E-state index contributed by atoms with van der Waals surface area (Å²) in [4.78, 5) is 0. The maximum Gasteiger partial charge on any atom is 0.130 e. The second kappa shape index (κ2) is 7.28. The van der Waals surface area contributed by atoms with Gasteiger partial charge in [-0.15, -0.1) is 0 Å². The number of furan rings is 1. The molecule has 0 aliphatic heterocycles. The van der Waals surface area contributed by atoms with Crippen molar-refractivity contribution >= 4 is 0 Å². The molecule has 1 aliphatic rings. The lowest BCUT2D eigenvalue weighted by Crippen LogP contribution is -2.26. The fourth-order valence-corrected chi connectivity index (χ4v) is 3.28. The van der Waals surface area contributed by atoms with Crippen LogP contribution in [0.1, 0.15) is 57.1 Å². The van der Waals surface area contributed by atoms with Crippen molar-refractivity contribution in [2.75, 3.05) is 6.54 Å². The van der Waals surface area contributed by atoms with E-state index in [2.05, 4.69) is 39.1 Å². The Morgan fingerprint density at radius 3 is 2.60 bits per heavy atom. The molecule has 0 amide bonds. The Hall–Kier alpha value is -0.800. The highest BCUT2D eigenvalue weighted by Gasteiger charge is 2.24. The minimum atomic E-state index is 0.399. The molecule has 20 heavy (non-hydrogen) atoms. The van der Waals surface area contributed by atoms with E-state index in [9.17, 15) is 0 Å². The predicted octanol–water partition coefficient (Wildman–Crippen LogP) is 4.04. The highest BCUT2D eigenvalue weighted by Crippen LogP contribution is 2.31. The molecule has 2 rings (SSSR count). The van der Waals surface area contributed by atoms with Gasteiger partial charge in [-0.2, -0.15) is 0 Å². The predicted molar refractivity (Wildman–Crippen MR) is 81.6 cm³/mol. The van der Waals surface area contributed by atoms with Gasteiger partial charge in [-0.3, -0.25) is 0 Å². The van der Waals surface area contributed by atoms with E-state index < -0.39 is 0 Å². The first-order chi connectivity index (χ1) is 9.58. The number of hydrogen-bond donors (Lipinski definition) is 1. The van der Waals surface area contributed by atoms with Crippen LogP contribution in [0.5, 0.6) is 0 Å². The van der Waals surface area contributed by atoms with Crippen LogP contribution >= 0.6 is 0 Å². The molecule has 1 heterocycles. The first-order valence-electron chi connectivity index (χ1n) is 7.99. The van der Waals surface area contributed by atoms with E-state index in [0.29, 0.717) is 12.7 Å². The van der Waals surface area contributed by atoms with Crippen molar-refractivity contribution in [3.63, 3.8) is 0 Å². The Balaban J connectivity index is 1.84. The average Bonchev–Trinajstić information content (AvgIpc) is 2.73. The molecule has 3 heteroatoms. The van der Waals surface area contributed by atoms with E-state index >= 15 is 0 Å². The van der Waals surface area contributed by atoms with Crippen LogP contribution in [0.4, 0.5) is 0 Å². The smallest absolute Gasteiger partial charge is 0.130 e. The van der Waals surface area contributed by atoms with Gasteiger partial charge in [0.15, 0.2) is 0 Å². The van der Waals surface area contributed by atoms with Gasteiger partial charge in [0.2, 0.25) is 0 Å². The third kappa shape index (κ3) is 4.35. The zero-order chi connectivity index (χ0) is 14.5. The summed E-state index contributed by atoms with van der Waals surface area (Å²) < 4.78 is 11.9. The Kier molecular flexibility index (Phi) is 5.67. The van der Waals surface area contributed by atoms with E-state index in [0.717, 1.165) is 36.4 Å². The van der Waals surface area contributed by atoms with Crippen molar-refractivity contribution in [1.82, 2.24) is 5.32 Å². The number of rotatable bonds is 6. The van der Waals surface area contributed by atoms with E-state index in [-0.39, 0.29) is 0 Å². The summed E-state index contributed by atoms with van der Waals surface area (Å²) in [6, 6.07) is 2.11. The van der Waals surface area contributed by atoms with Gasteiger partial charge in [0, 0.05) is 0 Å². The number of aryl methyl sites for hydroxylation is 1. The normalized spacial score (nSPS) is 26.9. The molecule has 0 saturated heterocycles. The van der Waals surface area contributed by atoms with Gasteiger partial charge in [0.05, 0.1) is 12.6 Å². The molecule has 1 aromatic heterocycles. The molecule has 0 spiro atoms. The minimum absolute atomic E-state index is 0.399. The van der Waals surface area contributed by atoms with Gasteiger partial charge in [-0.05, 0) is 56.2 Å². The van der Waals surface area contributed by atoms with Crippen LogP contribution < -0.4 is 5.32 Å². The first-order valence-corrected chi connectivity index (χ1v) is 7.99. The van der Waals surface area contributed by atoms with Crippen molar-refractivity contribution < 1.29 is 9.15 Å². The van der Waals surface area contributed by atoms with E-state index in [1.807, 2.05) is 0 Å². The molecule has 1 aliphatic carbocycles. The van der Waals surface area contributed by atoms with Gasteiger partial charge in [0.1, 0.15) is 18.1 Å². The summed E-state index contributed by atoms with van der Waals surface area (Å²) in [7, 11) is 0. The van der Waals surface area contributed by atoms with Crippen molar-refractivity contribution in [2.24, 2.45) is 11.8 Å². The largest absolute Gasteiger partial charge is 0.462 e. The molecule has 1 aromatic rings. The first kappa shape index (κ1) is 15.6. The third-order valence-corrected chi connectivity index (χ3v) is 4.20. The van der Waals surface area contributed by atoms with E-state index in [4.69, 9.17) is 9.15 Å². The minimum Gasteiger partial charge on any atom is -0.462 e. The van der Waals surface area contributed by atoms with Crippen LogP contribution in [0.3, 0.4) is 0 Å². The highest BCUT2D eigenvalue weighted by molar-refractivity contribution is 5.19. The molecule has 0 aromatic carbocycles. The van der Waals surface area contributed by atoms with Gasteiger partial charge in [0.25, 0.3) is 0 Å². The summed E-state index contributed by atoms with van der Waals surface area (Å²) in [6.45, 7) is 11.2. The van der Waals surface area contributed by atoms with Crippen molar-refractivity contribution in [2.45, 2.75) is 66.2 Å². The SMILES string of the molecule is CCNCc1oc(COC2CC(C)CC(C)C2)cc1C. The van der Waals surface area contributed by atoms with Crippen LogP contribution in [0.2, 0.25) is 0 Å². The van der Waals surface area contributed by atoms with Gasteiger partial charge in [-0.25, -0.2) is 0 Å². The zero-order valence-electron chi connectivity index (χ0n) is 13.4. The number of ether oxygens (including phenoxy) is 1. The molecule has 2 unspecified atom stereocenters. The summed E-state index contributed by atoms with van der Waals surface area (Å²) in [5.41, 5.74) is 1.22. The van der Waals surface area contributed by atoms with Crippen molar-refractivity contribution in [1.29, 1.82) is 0 Å². The Morgan fingerprint density at radius 1 is 1.25 bits per heavy atom. The standard InChI is InChI=1S/C17H29NO2/c1-5-18-10-17-14(4)9-16(20-17)11-19-15-7-12(2)6-13(3)8-15/h9,12-13,15,18H,5-8,10-11H2,1-4H3. The lowest BCUT2D eigenvalue weighted by Gasteiger charge is -2.31. The molecule has 3 nitrogen and oxygen atoms in total. The molecule has 1 N–H and O–H groups in total. The van der Waals surface area contributed by atoms with E-state index in [1.165, 1.54) is 24.8 Å². The van der Waals surface area contributed by atoms with Crippen LogP contribution in [0, 0.1) is 18.8 Å². The lowest BCUT2D eigenvalue weighted by atomic mass is 9.82. The van der Waals surface area contributed by atoms with Crippen molar-refractivity contribution in [3.05, 3.63) is 23.2 Å². The Bertz CT molecular complexity index is 403. The number of hydrogen-bond acceptors (Lipinski definition) is 3. The summed E-state index contributed by atoms with van der Waals surface area (Å²) in [5.74, 6) is 3.56. The molecule has 0 radical (unpaired) electrons. The second-order valence-corrected chi connectivity index (χ2v) is 6.45. The molecule has 1 saturated carbocycles. The monoisotopic (exact) mass is 279 g/mol.